The molecule has 1 saturated heterocycles. The Morgan fingerprint density at radius 1 is 1.10 bits per heavy atom. The molecule has 1 aromatic heterocycles. The highest BCUT2D eigenvalue weighted by Crippen LogP contribution is 2.31. The van der Waals surface area contributed by atoms with Crippen molar-refractivity contribution < 1.29 is 9.72 Å². The third-order valence-electron chi connectivity index (χ3n) is 4.12. The minimum absolute atomic E-state index is 0.0203. The minimum Gasteiger partial charge on any atom is -0.317 e. The van der Waals surface area contributed by atoms with Gasteiger partial charge in [-0.1, -0.05) is 23.7 Å². The van der Waals surface area contributed by atoms with E-state index in [4.69, 9.17) is 11.6 Å². The third kappa shape index (κ3) is 4.08. The summed E-state index contributed by atoms with van der Waals surface area (Å²) in [4.78, 5) is 27.6. The molecule has 9 heteroatoms. The quantitative estimate of drug-likeness (QED) is 0.365. The van der Waals surface area contributed by atoms with Crippen molar-refractivity contribution in [3.8, 4) is 5.69 Å². The van der Waals surface area contributed by atoms with E-state index in [2.05, 4.69) is 10.3 Å². The number of rotatable bonds is 4. The SMILES string of the molecule is O=C1NC(=Nc2ccccc2Cl)S/C1=C/c1cccn1-c1ccc([N+](=O)[O-])cc1. The molecular weight excluding hydrogens is 412 g/mol. The number of nitrogens with zero attached hydrogens (tertiary/aromatic N) is 3. The number of carbonyl (C=O) groups excluding carboxylic acids is 1. The lowest BCUT2D eigenvalue weighted by Gasteiger charge is -2.06. The predicted molar refractivity (Wildman–Crippen MR) is 115 cm³/mol. The average molecular weight is 425 g/mol. The Hall–Kier alpha value is -3.36. The van der Waals surface area contributed by atoms with E-state index in [1.165, 1.54) is 23.9 Å². The van der Waals surface area contributed by atoms with Crippen LogP contribution in [0.4, 0.5) is 11.4 Å². The molecule has 1 aliphatic rings. The van der Waals surface area contributed by atoms with Gasteiger partial charge in [-0.3, -0.25) is 14.9 Å². The fraction of sp³-hybridized carbons (Fsp3) is 0. The van der Waals surface area contributed by atoms with Crippen LogP contribution in [0.15, 0.2) is 76.8 Å². The second-order valence-corrected chi connectivity index (χ2v) is 7.45. The number of non-ortho nitro benzene ring substituents is 1. The Morgan fingerprint density at radius 2 is 1.86 bits per heavy atom. The van der Waals surface area contributed by atoms with Gasteiger partial charge in [0.05, 0.1) is 20.5 Å². The molecule has 0 unspecified atom stereocenters. The van der Waals surface area contributed by atoms with E-state index in [0.717, 1.165) is 11.4 Å². The van der Waals surface area contributed by atoms with Crippen LogP contribution in [0.3, 0.4) is 0 Å². The van der Waals surface area contributed by atoms with Gasteiger partial charge in [0, 0.05) is 29.7 Å². The Bertz CT molecular complexity index is 1170. The van der Waals surface area contributed by atoms with Crippen molar-refractivity contribution >= 4 is 51.9 Å². The highest BCUT2D eigenvalue weighted by atomic mass is 35.5. The number of thioether (sulfide) groups is 1. The van der Waals surface area contributed by atoms with Crippen LogP contribution in [0.2, 0.25) is 5.02 Å². The molecule has 0 saturated carbocycles. The number of aliphatic imine (C=N–C) groups is 1. The normalized spacial score (nSPS) is 16.4. The van der Waals surface area contributed by atoms with Crippen LogP contribution >= 0.6 is 23.4 Å². The second-order valence-electron chi connectivity index (χ2n) is 6.01. The maximum absolute atomic E-state index is 12.4. The van der Waals surface area contributed by atoms with Gasteiger partial charge in [-0.15, -0.1) is 0 Å². The van der Waals surface area contributed by atoms with Crippen molar-refractivity contribution in [1.82, 2.24) is 9.88 Å². The number of amidine groups is 1. The molecule has 0 atom stereocenters. The molecular formula is C20H13ClN4O3S. The lowest BCUT2D eigenvalue weighted by molar-refractivity contribution is -0.384. The first-order chi connectivity index (χ1) is 14.0. The maximum atomic E-state index is 12.4. The first-order valence-corrected chi connectivity index (χ1v) is 9.67. The molecule has 2 aromatic carbocycles. The number of para-hydroxylation sites is 1. The van der Waals surface area contributed by atoms with Gasteiger partial charge in [0.2, 0.25) is 0 Å². The number of nitro groups is 1. The summed E-state index contributed by atoms with van der Waals surface area (Å²) in [6.07, 6.45) is 3.57. The van der Waals surface area contributed by atoms with E-state index in [0.29, 0.717) is 20.8 Å². The Morgan fingerprint density at radius 3 is 2.59 bits per heavy atom. The first kappa shape index (κ1) is 19.0. The highest BCUT2D eigenvalue weighted by molar-refractivity contribution is 8.18. The van der Waals surface area contributed by atoms with Crippen LogP contribution in [0.25, 0.3) is 11.8 Å². The summed E-state index contributed by atoms with van der Waals surface area (Å²) in [5, 5.41) is 14.5. The standard InChI is InChI=1S/C20H13ClN4O3S/c21-16-5-1-2-6-17(16)22-20-23-19(26)18(29-20)12-15-4-3-11-24(15)13-7-9-14(10-8-13)25(27)28/h1-12H,(H,22,23,26)/b18-12+. The number of benzene rings is 2. The molecule has 1 fully saturated rings. The Balaban J connectivity index is 1.61. The molecule has 144 valence electrons. The number of amides is 1. The molecule has 0 spiro atoms. The zero-order valence-electron chi connectivity index (χ0n) is 14.8. The van der Waals surface area contributed by atoms with E-state index in [1.807, 2.05) is 35.0 Å². The van der Waals surface area contributed by atoms with Crippen molar-refractivity contribution in [3.05, 3.63) is 92.6 Å². The highest BCUT2D eigenvalue weighted by Gasteiger charge is 2.24. The van der Waals surface area contributed by atoms with Gasteiger partial charge in [-0.25, -0.2) is 4.99 Å². The topological polar surface area (TPSA) is 89.5 Å². The van der Waals surface area contributed by atoms with E-state index in [-0.39, 0.29) is 11.6 Å². The molecule has 0 bridgehead atoms. The van der Waals surface area contributed by atoms with Crippen molar-refractivity contribution in [1.29, 1.82) is 0 Å². The van der Waals surface area contributed by atoms with Crippen LogP contribution in [0, 0.1) is 10.1 Å². The van der Waals surface area contributed by atoms with Gasteiger partial charge in [0.15, 0.2) is 5.17 Å². The smallest absolute Gasteiger partial charge is 0.269 e. The summed E-state index contributed by atoms with van der Waals surface area (Å²) in [6.45, 7) is 0. The molecule has 1 N–H and O–H groups in total. The molecule has 1 aliphatic heterocycles. The summed E-state index contributed by atoms with van der Waals surface area (Å²) in [7, 11) is 0. The lowest BCUT2D eigenvalue weighted by atomic mass is 10.2. The Labute approximate surface area is 174 Å². The molecule has 4 rings (SSSR count). The van der Waals surface area contributed by atoms with Crippen LogP contribution in [0.5, 0.6) is 0 Å². The summed E-state index contributed by atoms with van der Waals surface area (Å²) in [6, 6.07) is 17.0. The van der Waals surface area contributed by atoms with Gasteiger partial charge in [-0.2, -0.15) is 0 Å². The fourth-order valence-electron chi connectivity index (χ4n) is 2.75. The van der Waals surface area contributed by atoms with Gasteiger partial charge in [-0.05, 0) is 54.2 Å². The third-order valence-corrected chi connectivity index (χ3v) is 5.35. The largest absolute Gasteiger partial charge is 0.317 e. The lowest BCUT2D eigenvalue weighted by Crippen LogP contribution is -2.19. The summed E-state index contributed by atoms with van der Waals surface area (Å²) >= 11 is 7.34. The predicted octanol–water partition coefficient (Wildman–Crippen LogP) is 4.93. The van der Waals surface area contributed by atoms with Crippen LogP contribution < -0.4 is 5.32 Å². The van der Waals surface area contributed by atoms with Crippen molar-refractivity contribution in [3.63, 3.8) is 0 Å². The molecule has 2 heterocycles. The molecule has 1 amide bonds. The summed E-state index contributed by atoms with van der Waals surface area (Å²) in [5.74, 6) is -0.253. The number of nitro benzene ring substituents is 1. The molecule has 0 aliphatic carbocycles. The van der Waals surface area contributed by atoms with Crippen molar-refractivity contribution in [2.24, 2.45) is 4.99 Å². The van der Waals surface area contributed by atoms with Gasteiger partial charge in [0.1, 0.15) is 0 Å². The minimum atomic E-state index is -0.443. The number of aromatic nitrogens is 1. The van der Waals surface area contributed by atoms with E-state index in [1.54, 1.807) is 30.3 Å². The van der Waals surface area contributed by atoms with Crippen molar-refractivity contribution in [2.75, 3.05) is 0 Å². The van der Waals surface area contributed by atoms with Crippen LogP contribution in [-0.2, 0) is 4.79 Å². The van der Waals surface area contributed by atoms with Crippen molar-refractivity contribution in [2.45, 2.75) is 0 Å². The molecule has 7 nitrogen and oxygen atoms in total. The number of nitrogens with one attached hydrogen (secondary N) is 1. The van der Waals surface area contributed by atoms with Gasteiger partial charge < -0.3 is 9.88 Å². The molecule has 3 aromatic rings. The second kappa shape index (κ2) is 7.94. The summed E-state index contributed by atoms with van der Waals surface area (Å²) < 4.78 is 1.84. The van der Waals surface area contributed by atoms with E-state index < -0.39 is 4.92 Å². The first-order valence-electron chi connectivity index (χ1n) is 8.47. The number of hydrogen-bond acceptors (Lipinski definition) is 5. The number of halogens is 1. The van der Waals surface area contributed by atoms with Gasteiger partial charge >= 0.3 is 0 Å². The summed E-state index contributed by atoms with van der Waals surface area (Å²) in [5.41, 5.74) is 2.11. The number of carbonyl (C=O) groups is 1. The molecule has 0 radical (unpaired) electrons. The maximum Gasteiger partial charge on any atom is 0.269 e. The fourth-order valence-corrected chi connectivity index (χ4v) is 3.75. The van der Waals surface area contributed by atoms with Gasteiger partial charge in [0.25, 0.3) is 11.6 Å². The monoisotopic (exact) mass is 424 g/mol. The van der Waals surface area contributed by atoms with E-state index in [9.17, 15) is 14.9 Å². The van der Waals surface area contributed by atoms with Crippen LogP contribution in [0.1, 0.15) is 5.69 Å². The zero-order valence-corrected chi connectivity index (χ0v) is 16.4. The van der Waals surface area contributed by atoms with Crippen LogP contribution in [-0.4, -0.2) is 20.6 Å². The average Bonchev–Trinajstić information content (AvgIpc) is 3.30. The molecule has 29 heavy (non-hydrogen) atoms. The number of hydrogen-bond donors (Lipinski definition) is 1. The van der Waals surface area contributed by atoms with E-state index >= 15 is 0 Å². The Kier molecular flexibility index (Phi) is 5.20. The zero-order chi connectivity index (χ0) is 20.4.